The Balaban J connectivity index is 2.88. The largest absolute Gasteiger partial charge is 0.341 e. The molecule has 0 spiro atoms. The Morgan fingerprint density at radius 3 is 2.56 bits per heavy atom. The van der Waals surface area contributed by atoms with E-state index in [4.69, 9.17) is 0 Å². The van der Waals surface area contributed by atoms with Crippen LogP contribution in [0.25, 0.3) is 0 Å². The molecule has 0 aliphatic carbocycles. The lowest BCUT2D eigenvalue weighted by Crippen LogP contribution is -2.41. The summed E-state index contributed by atoms with van der Waals surface area (Å²) in [5, 5.41) is 8.98. The van der Waals surface area contributed by atoms with E-state index in [2.05, 4.69) is 15.7 Å². The van der Waals surface area contributed by atoms with Gasteiger partial charge in [-0.3, -0.25) is 14.8 Å². The molecule has 100 valence electrons. The standard InChI is InChI=1S/C12H20N4O2/c1-5-9-7-10(6-2)16(15-9)8(3)11(17)14-12(18)13-4/h7-8H,5-6H2,1-4H3,(H2,13,14,17,18). The van der Waals surface area contributed by atoms with E-state index in [-0.39, 0.29) is 5.91 Å². The van der Waals surface area contributed by atoms with Crippen molar-refractivity contribution in [2.45, 2.75) is 39.7 Å². The first-order valence-electron chi connectivity index (χ1n) is 6.13. The van der Waals surface area contributed by atoms with Gasteiger partial charge in [0.25, 0.3) is 5.91 Å². The number of carbonyl (C=O) groups is 2. The summed E-state index contributed by atoms with van der Waals surface area (Å²) in [5.41, 5.74) is 1.94. The highest BCUT2D eigenvalue weighted by Gasteiger charge is 2.20. The van der Waals surface area contributed by atoms with Crippen LogP contribution in [0.5, 0.6) is 0 Å². The predicted octanol–water partition coefficient (Wildman–Crippen LogP) is 1.02. The number of nitrogens with zero attached hydrogens (tertiary/aromatic N) is 2. The molecule has 6 heteroatoms. The number of urea groups is 1. The van der Waals surface area contributed by atoms with Gasteiger partial charge in [0.1, 0.15) is 6.04 Å². The highest BCUT2D eigenvalue weighted by Crippen LogP contribution is 2.13. The summed E-state index contributed by atoms with van der Waals surface area (Å²) in [6, 6.07) is 0.981. The molecule has 0 saturated heterocycles. The minimum atomic E-state index is -0.507. The Labute approximate surface area is 107 Å². The van der Waals surface area contributed by atoms with E-state index in [1.807, 2.05) is 19.9 Å². The quantitative estimate of drug-likeness (QED) is 0.840. The molecule has 18 heavy (non-hydrogen) atoms. The van der Waals surface area contributed by atoms with Crippen molar-refractivity contribution in [2.24, 2.45) is 0 Å². The molecule has 1 aromatic rings. The SMILES string of the molecule is CCc1cc(CC)n(C(C)C(=O)NC(=O)NC)n1. The van der Waals surface area contributed by atoms with E-state index >= 15 is 0 Å². The number of amides is 3. The number of imide groups is 1. The van der Waals surface area contributed by atoms with Gasteiger partial charge in [-0.25, -0.2) is 4.79 Å². The minimum Gasteiger partial charge on any atom is -0.341 e. The zero-order valence-corrected chi connectivity index (χ0v) is 11.3. The number of nitrogens with one attached hydrogen (secondary N) is 2. The van der Waals surface area contributed by atoms with Crippen molar-refractivity contribution in [3.8, 4) is 0 Å². The molecular weight excluding hydrogens is 232 g/mol. The van der Waals surface area contributed by atoms with Gasteiger partial charge < -0.3 is 5.32 Å². The summed E-state index contributed by atoms with van der Waals surface area (Å²) in [6.45, 7) is 5.75. The molecule has 0 aromatic carbocycles. The Morgan fingerprint density at radius 1 is 1.39 bits per heavy atom. The molecule has 2 N–H and O–H groups in total. The van der Waals surface area contributed by atoms with Crippen molar-refractivity contribution in [2.75, 3.05) is 7.05 Å². The second-order valence-corrected chi connectivity index (χ2v) is 4.02. The van der Waals surface area contributed by atoms with Gasteiger partial charge in [0, 0.05) is 12.7 Å². The molecule has 1 heterocycles. The van der Waals surface area contributed by atoms with Crippen LogP contribution < -0.4 is 10.6 Å². The molecule has 1 aromatic heterocycles. The summed E-state index contributed by atoms with van der Waals surface area (Å²) in [7, 11) is 1.47. The van der Waals surface area contributed by atoms with Crippen LogP contribution in [0.4, 0.5) is 4.79 Å². The lowest BCUT2D eigenvalue weighted by Gasteiger charge is -2.14. The van der Waals surface area contributed by atoms with Crippen molar-refractivity contribution in [1.29, 1.82) is 0 Å². The molecule has 0 aliphatic heterocycles. The molecule has 0 saturated carbocycles. The van der Waals surface area contributed by atoms with Gasteiger partial charge in [-0.05, 0) is 25.8 Å². The number of hydrogen-bond donors (Lipinski definition) is 2. The van der Waals surface area contributed by atoms with Crippen LogP contribution in [0.15, 0.2) is 6.07 Å². The van der Waals surface area contributed by atoms with Crippen molar-refractivity contribution in [3.63, 3.8) is 0 Å². The molecule has 0 bridgehead atoms. The van der Waals surface area contributed by atoms with Crippen molar-refractivity contribution in [1.82, 2.24) is 20.4 Å². The summed E-state index contributed by atoms with van der Waals surface area (Å²) in [5.74, 6) is -0.366. The fourth-order valence-electron chi connectivity index (χ4n) is 1.65. The van der Waals surface area contributed by atoms with Crippen LogP contribution in [-0.4, -0.2) is 28.8 Å². The summed E-state index contributed by atoms with van der Waals surface area (Å²) in [6.07, 6.45) is 1.62. The number of hydrogen-bond acceptors (Lipinski definition) is 3. The molecule has 0 radical (unpaired) electrons. The second-order valence-electron chi connectivity index (χ2n) is 4.02. The smallest absolute Gasteiger partial charge is 0.321 e. The van der Waals surface area contributed by atoms with Gasteiger partial charge in [-0.2, -0.15) is 5.10 Å². The average Bonchev–Trinajstić information content (AvgIpc) is 2.80. The van der Waals surface area contributed by atoms with Gasteiger partial charge in [-0.1, -0.05) is 13.8 Å². The zero-order chi connectivity index (χ0) is 13.7. The lowest BCUT2D eigenvalue weighted by atomic mass is 10.2. The van der Waals surface area contributed by atoms with Crippen LogP contribution in [0.3, 0.4) is 0 Å². The van der Waals surface area contributed by atoms with Gasteiger partial charge in [0.2, 0.25) is 0 Å². The average molecular weight is 252 g/mol. The molecule has 1 atom stereocenters. The predicted molar refractivity (Wildman–Crippen MR) is 68.3 cm³/mol. The molecule has 0 aliphatic rings. The van der Waals surface area contributed by atoms with E-state index < -0.39 is 12.1 Å². The minimum absolute atomic E-state index is 0.366. The maximum atomic E-state index is 11.8. The van der Waals surface area contributed by atoms with E-state index in [0.29, 0.717) is 0 Å². The van der Waals surface area contributed by atoms with E-state index in [9.17, 15) is 9.59 Å². The van der Waals surface area contributed by atoms with Crippen LogP contribution in [-0.2, 0) is 17.6 Å². The highest BCUT2D eigenvalue weighted by atomic mass is 16.2. The second kappa shape index (κ2) is 6.18. The van der Waals surface area contributed by atoms with Crippen LogP contribution in [0, 0.1) is 0 Å². The van der Waals surface area contributed by atoms with Crippen molar-refractivity contribution < 1.29 is 9.59 Å². The Bertz CT molecular complexity index is 439. The van der Waals surface area contributed by atoms with Crippen LogP contribution >= 0.6 is 0 Å². The first-order chi connectivity index (χ1) is 8.53. The maximum absolute atomic E-state index is 11.8. The van der Waals surface area contributed by atoms with Gasteiger partial charge in [0.05, 0.1) is 5.69 Å². The topological polar surface area (TPSA) is 76.0 Å². The van der Waals surface area contributed by atoms with E-state index in [1.165, 1.54) is 7.05 Å². The fraction of sp³-hybridized carbons (Fsp3) is 0.583. The normalized spacial score (nSPS) is 12.0. The third-order valence-electron chi connectivity index (χ3n) is 2.80. The molecule has 0 fully saturated rings. The first-order valence-corrected chi connectivity index (χ1v) is 6.13. The Hall–Kier alpha value is -1.85. The van der Waals surface area contributed by atoms with Crippen LogP contribution in [0.2, 0.25) is 0 Å². The molecule has 3 amide bonds. The molecule has 1 unspecified atom stereocenters. The van der Waals surface area contributed by atoms with E-state index in [0.717, 1.165) is 24.2 Å². The maximum Gasteiger partial charge on any atom is 0.321 e. The fourth-order valence-corrected chi connectivity index (χ4v) is 1.65. The highest BCUT2D eigenvalue weighted by molar-refractivity contribution is 5.95. The lowest BCUT2D eigenvalue weighted by molar-refractivity contribution is -0.123. The summed E-state index contributed by atoms with van der Waals surface area (Å²) < 4.78 is 1.68. The zero-order valence-electron chi connectivity index (χ0n) is 11.3. The number of carbonyl (C=O) groups excluding carboxylic acids is 2. The summed E-state index contributed by atoms with van der Waals surface area (Å²) in [4.78, 5) is 22.9. The molecule has 1 rings (SSSR count). The van der Waals surface area contributed by atoms with Crippen molar-refractivity contribution in [3.05, 3.63) is 17.5 Å². The molecule has 6 nitrogen and oxygen atoms in total. The number of rotatable bonds is 4. The van der Waals surface area contributed by atoms with Crippen molar-refractivity contribution >= 4 is 11.9 Å². The van der Waals surface area contributed by atoms with E-state index in [1.54, 1.807) is 11.6 Å². The molecular formula is C12H20N4O2. The Kier molecular flexibility index (Phi) is 4.88. The summed E-state index contributed by atoms with van der Waals surface area (Å²) >= 11 is 0. The van der Waals surface area contributed by atoms with Gasteiger partial charge >= 0.3 is 6.03 Å². The number of aryl methyl sites for hydroxylation is 2. The number of aromatic nitrogens is 2. The van der Waals surface area contributed by atoms with Gasteiger partial charge in [0.15, 0.2) is 0 Å². The third kappa shape index (κ3) is 3.09. The monoisotopic (exact) mass is 252 g/mol. The first kappa shape index (κ1) is 14.2. The van der Waals surface area contributed by atoms with Gasteiger partial charge in [-0.15, -0.1) is 0 Å². The third-order valence-corrected chi connectivity index (χ3v) is 2.80. The Morgan fingerprint density at radius 2 is 2.06 bits per heavy atom. The van der Waals surface area contributed by atoms with Crippen LogP contribution in [0.1, 0.15) is 38.2 Å².